The standard InChI is InChI=1S/C22H16ClNO3/c23-20-7-2-1-6-19(20)22(27)24-17-5-3-4-15(14-17)8-13-21(26)16-9-11-18(25)12-10-16/h1-14,25H,(H,24,27). The van der Waals surface area contributed by atoms with Crippen LogP contribution in [0.25, 0.3) is 6.08 Å². The zero-order chi connectivity index (χ0) is 19.2. The summed E-state index contributed by atoms with van der Waals surface area (Å²) in [6, 6.07) is 20.0. The van der Waals surface area contributed by atoms with Gasteiger partial charge in [-0.25, -0.2) is 0 Å². The highest BCUT2D eigenvalue weighted by atomic mass is 35.5. The number of hydrogen-bond acceptors (Lipinski definition) is 3. The molecule has 0 unspecified atom stereocenters. The first kappa shape index (κ1) is 18.4. The van der Waals surface area contributed by atoms with E-state index in [1.54, 1.807) is 60.7 Å². The molecule has 4 nitrogen and oxygen atoms in total. The fraction of sp³-hybridized carbons (Fsp3) is 0. The molecule has 1 amide bonds. The van der Waals surface area contributed by atoms with Gasteiger partial charge in [0.2, 0.25) is 0 Å². The number of phenolic OH excluding ortho intramolecular Hbond substituents is 1. The highest BCUT2D eigenvalue weighted by molar-refractivity contribution is 6.34. The van der Waals surface area contributed by atoms with Gasteiger partial charge in [-0.15, -0.1) is 0 Å². The lowest BCUT2D eigenvalue weighted by Crippen LogP contribution is -2.12. The fourth-order valence-electron chi connectivity index (χ4n) is 2.46. The van der Waals surface area contributed by atoms with Crippen LogP contribution in [0, 0.1) is 0 Å². The van der Waals surface area contributed by atoms with Crippen molar-refractivity contribution in [3.63, 3.8) is 0 Å². The van der Waals surface area contributed by atoms with Crippen LogP contribution in [0.1, 0.15) is 26.3 Å². The van der Waals surface area contributed by atoms with Crippen molar-refractivity contribution >= 4 is 35.1 Å². The van der Waals surface area contributed by atoms with E-state index in [-0.39, 0.29) is 17.4 Å². The number of carbonyl (C=O) groups excluding carboxylic acids is 2. The highest BCUT2D eigenvalue weighted by Gasteiger charge is 2.09. The monoisotopic (exact) mass is 377 g/mol. The van der Waals surface area contributed by atoms with Crippen LogP contribution < -0.4 is 5.32 Å². The van der Waals surface area contributed by atoms with Crippen LogP contribution >= 0.6 is 11.6 Å². The van der Waals surface area contributed by atoms with E-state index in [4.69, 9.17) is 11.6 Å². The number of aromatic hydroxyl groups is 1. The van der Waals surface area contributed by atoms with Gasteiger partial charge in [-0.3, -0.25) is 9.59 Å². The number of anilines is 1. The topological polar surface area (TPSA) is 66.4 Å². The molecule has 0 aliphatic rings. The van der Waals surface area contributed by atoms with E-state index in [0.717, 1.165) is 5.56 Å². The zero-order valence-corrected chi connectivity index (χ0v) is 15.0. The average molecular weight is 378 g/mol. The molecule has 0 fully saturated rings. The number of phenols is 1. The van der Waals surface area contributed by atoms with E-state index in [2.05, 4.69) is 5.32 Å². The van der Waals surface area contributed by atoms with Crippen molar-refractivity contribution in [2.24, 2.45) is 0 Å². The maximum atomic E-state index is 12.3. The number of halogens is 1. The van der Waals surface area contributed by atoms with Gasteiger partial charge in [-0.2, -0.15) is 0 Å². The molecule has 0 aliphatic carbocycles. The summed E-state index contributed by atoms with van der Waals surface area (Å²) in [5.41, 5.74) is 2.23. The third kappa shape index (κ3) is 4.84. The smallest absolute Gasteiger partial charge is 0.257 e. The normalized spacial score (nSPS) is 10.7. The molecule has 5 heteroatoms. The number of hydrogen-bond donors (Lipinski definition) is 2. The molecule has 3 rings (SSSR count). The van der Waals surface area contributed by atoms with Gasteiger partial charge >= 0.3 is 0 Å². The van der Waals surface area contributed by atoms with E-state index in [0.29, 0.717) is 21.8 Å². The predicted molar refractivity (Wildman–Crippen MR) is 107 cm³/mol. The van der Waals surface area contributed by atoms with Crippen molar-refractivity contribution in [2.45, 2.75) is 0 Å². The van der Waals surface area contributed by atoms with Crippen molar-refractivity contribution in [3.05, 3.63) is 101 Å². The van der Waals surface area contributed by atoms with E-state index in [9.17, 15) is 14.7 Å². The molecule has 3 aromatic carbocycles. The third-order valence-electron chi connectivity index (χ3n) is 3.84. The summed E-state index contributed by atoms with van der Waals surface area (Å²) in [7, 11) is 0. The van der Waals surface area contributed by atoms with Gasteiger partial charge in [0.15, 0.2) is 5.78 Å². The maximum Gasteiger partial charge on any atom is 0.257 e. The molecule has 0 spiro atoms. The minimum absolute atomic E-state index is 0.109. The summed E-state index contributed by atoms with van der Waals surface area (Å²) in [4.78, 5) is 24.5. The second kappa shape index (κ2) is 8.34. The van der Waals surface area contributed by atoms with Crippen molar-refractivity contribution in [1.82, 2.24) is 0 Å². The molecule has 0 heterocycles. The Kier molecular flexibility index (Phi) is 5.69. The first-order valence-corrected chi connectivity index (χ1v) is 8.58. The van der Waals surface area contributed by atoms with Crippen molar-refractivity contribution in [1.29, 1.82) is 0 Å². The van der Waals surface area contributed by atoms with Crippen LogP contribution in [0.3, 0.4) is 0 Å². The number of amides is 1. The number of carbonyl (C=O) groups is 2. The molecular weight excluding hydrogens is 362 g/mol. The SMILES string of the molecule is O=C(C=Cc1cccc(NC(=O)c2ccccc2Cl)c1)c1ccc(O)cc1. The molecular formula is C22H16ClNO3. The number of rotatable bonds is 5. The van der Waals surface area contributed by atoms with E-state index >= 15 is 0 Å². The highest BCUT2D eigenvalue weighted by Crippen LogP contribution is 2.18. The summed E-state index contributed by atoms with van der Waals surface area (Å²) in [6.07, 6.45) is 3.11. The molecule has 0 saturated carbocycles. The molecule has 3 aromatic rings. The number of benzene rings is 3. The Hall–Kier alpha value is -3.37. The summed E-state index contributed by atoms with van der Waals surface area (Å²) in [5.74, 6) is -0.375. The number of nitrogens with one attached hydrogen (secondary N) is 1. The fourth-order valence-corrected chi connectivity index (χ4v) is 2.68. The minimum atomic E-state index is -0.304. The lowest BCUT2D eigenvalue weighted by atomic mass is 10.1. The van der Waals surface area contributed by atoms with Crippen LogP contribution in [-0.4, -0.2) is 16.8 Å². The van der Waals surface area contributed by atoms with Gasteiger partial charge in [0.1, 0.15) is 5.75 Å². The van der Waals surface area contributed by atoms with Crippen molar-refractivity contribution in [3.8, 4) is 5.75 Å². The first-order chi connectivity index (χ1) is 13.0. The summed E-state index contributed by atoms with van der Waals surface area (Å²) in [6.45, 7) is 0. The summed E-state index contributed by atoms with van der Waals surface area (Å²) < 4.78 is 0. The van der Waals surface area contributed by atoms with Crippen LogP contribution in [0.15, 0.2) is 78.9 Å². The molecule has 0 saturated heterocycles. The summed E-state index contributed by atoms with van der Waals surface area (Å²) >= 11 is 6.04. The Morgan fingerprint density at radius 1 is 0.926 bits per heavy atom. The molecule has 2 N–H and O–H groups in total. The third-order valence-corrected chi connectivity index (χ3v) is 4.17. The van der Waals surface area contributed by atoms with Gasteiger partial charge in [0, 0.05) is 11.3 Å². The minimum Gasteiger partial charge on any atom is -0.508 e. The second-order valence-corrected chi connectivity index (χ2v) is 6.21. The van der Waals surface area contributed by atoms with Gasteiger partial charge in [0.25, 0.3) is 5.91 Å². The number of ketones is 1. The van der Waals surface area contributed by atoms with Crippen molar-refractivity contribution in [2.75, 3.05) is 5.32 Å². The molecule has 0 bridgehead atoms. The predicted octanol–water partition coefficient (Wildman–Crippen LogP) is 5.19. The Morgan fingerprint density at radius 3 is 2.41 bits per heavy atom. The van der Waals surface area contributed by atoms with E-state index < -0.39 is 0 Å². The second-order valence-electron chi connectivity index (χ2n) is 5.80. The Labute approximate surface area is 161 Å². The Morgan fingerprint density at radius 2 is 1.67 bits per heavy atom. The van der Waals surface area contributed by atoms with Crippen LogP contribution in [0.2, 0.25) is 5.02 Å². The van der Waals surface area contributed by atoms with Gasteiger partial charge < -0.3 is 10.4 Å². The Bertz CT molecular complexity index is 1010. The largest absolute Gasteiger partial charge is 0.508 e. The van der Waals surface area contributed by atoms with Crippen molar-refractivity contribution < 1.29 is 14.7 Å². The van der Waals surface area contributed by atoms with Crippen LogP contribution in [0.5, 0.6) is 5.75 Å². The van der Waals surface area contributed by atoms with Crippen LogP contribution in [-0.2, 0) is 0 Å². The van der Waals surface area contributed by atoms with E-state index in [1.165, 1.54) is 18.2 Å². The van der Waals surface area contributed by atoms with E-state index in [1.807, 2.05) is 6.07 Å². The average Bonchev–Trinajstić information content (AvgIpc) is 2.67. The number of allylic oxidation sites excluding steroid dienone is 1. The lowest BCUT2D eigenvalue weighted by molar-refractivity contribution is 0.102. The van der Waals surface area contributed by atoms with Gasteiger partial charge in [0.05, 0.1) is 10.6 Å². The molecule has 0 radical (unpaired) electrons. The zero-order valence-electron chi connectivity index (χ0n) is 14.2. The molecule has 27 heavy (non-hydrogen) atoms. The summed E-state index contributed by atoms with van der Waals surface area (Å²) in [5, 5.41) is 12.5. The van der Waals surface area contributed by atoms with Gasteiger partial charge in [-0.05, 0) is 60.2 Å². The molecule has 0 aliphatic heterocycles. The quantitative estimate of drug-likeness (QED) is 0.474. The molecule has 134 valence electrons. The lowest BCUT2D eigenvalue weighted by Gasteiger charge is -2.07. The van der Waals surface area contributed by atoms with Crippen LogP contribution in [0.4, 0.5) is 5.69 Å². The molecule has 0 atom stereocenters. The first-order valence-electron chi connectivity index (χ1n) is 8.20. The molecule has 0 aromatic heterocycles. The van der Waals surface area contributed by atoms with Gasteiger partial charge in [-0.1, -0.05) is 41.9 Å². The Balaban J connectivity index is 1.72. The maximum absolute atomic E-state index is 12.3.